The normalized spacial score (nSPS) is 29.8. The fourth-order valence-corrected chi connectivity index (χ4v) is 1.70. The minimum absolute atomic E-state index is 0.00669. The third-order valence-electron chi connectivity index (χ3n) is 2.48. The number of rotatable bonds is 2. The van der Waals surface area contributed by atoms with Crippen molar-refractivity contribution in [2.45, 2.75) is 38.7 Å². The Kier molecular flexibility index (Phi) is 3.53. The maximum Gasteiger partial charge on any atom is 0.216 e. The Hall–Kier alpha value is -0.570. The van der Waals surface area contributed by atoms with Crippen molar-refractivity contribution in [2.75, 3.05) is 6.54 Å². The van der Waals surface area contributed by atoms with Crippen LogP contribution in [0.4, 0.5) is 0 Å². The van der Waals surface area contributed by atoms with Gasteiger partial charge in [0, 0.05) is 19.4 Å². The lowest BCUT2D eigenvalue weighted by molar-refractivity contribution is -0.119. The molecule has 1 aliphatic rings. The highest BCUT2D eigenvalue weighted by molar-refractivity contribution is 5.72. The monoisotopic (exact) mass is 171 g/mol. The largest absolute Gasteiger partial charge is 0.393 e. The summed E-state index contributed by atoms with van der Waals surface area (Å²) in [5.41, 5.74) is 0. The summed E-state index contributed by atoms with van der Waals surface area (Å²) >= 11 is 0. The highest BCUT2D eigenvalue weighted by Crippen LogP contribution is 2.23. The predicted molar refractivity (Wildman–Crippen MR) is 46.6 cm³/mol. The van der Waals surface area contributed by atoms with Crippen molar-refractivity contribution in [3.05, 3.63) is 0 Å². The van der Waals surface area contributed by atoms with Crippen molar-refractivity contribution in [3.8, 4) is 0 Å². The van der Waals surface area contributed by atoms with Crippen LogP contribution in [0.25, 0.3) is 0 Å². The Morgan fingerprint density at radius 1 is 1.50 bits per heavy atom. The fraction of sp³-hybridized carbons (Fsp3) is 0.889. The summed E-state index contributed by atoms with van der Waals surface area (Å²) < 4.78 is 0. The van der Waals surface area contributed by atoms with Crippen LogP contribution in [0.15, 0.2) is 0 Å². The number of amides is 1. The third kappa shape index (κ3) is 2.81. The molecule has 0 aliphatic heterocycles. The minimum Gasteiger partial charge on any atom is -0.393 e. The molecule has 12 heavy (non-hydrogen) atoms. The van der Waals surface area contributed by atoms with Gasteiger partial charge in [0.15, 0.2) is 0 Å². The summed E-state index contributed by atoms with van der Waals surface area (Å²) in [4.78, 5) is 10.6. The second kappa shape index (κ2) is 4.45. The molecule has 0 aromatic carbocycles. The van der Waals surface area contributed by atoms with E-state index in [2.05, 4.69) is 5.32 Å². The Bertz CT molecular complexity index is 159. The van der Waals surface area contributed by atoms with Crippen molar-refractivity contribution in [1.82, 2.24) is 5.32 Å². The van der Waals surface area contributed by atoms with Crippen molar-refractivity contribution in [2.24, 2.45) is 5.92 Å². The van der Waals surface area contributed by atoms with Gasteiger partial charge in [0.1, 0.15) is 0 Å². The zero-order valence-electron chi connectivity index (χ0n) is 7.55. The molecule has 0 aromatic rings. The van der Waals surface area contributed by atoms with E-state index < -0.39 is 0 Å². The van der Waals surface area contributed by atoms with Gasteiger partial charge >= 0.3 is 0 Å². The van der Waals surface area contributed by atoms with Crippen LogP contribution in [0.3, 0.4) is 0 Å². The quantitative estimate of drug-likeness (QED) is 0.641. The Labute approximate surface area is 73.2 Å². The second-order valence-corrected chi connectivity index (χ2v) is 3.55. The predicted octanol–water partition coefficient (Wildman–Crippen LogP) is 0.674. The summed E-state index contributed by atoms with van der Waals surface area (Å²) in [6.07, 6.45) is 4.04. The minimum atomic E-state index is -0.203. The molecule has 0 saturated heterocycles. The summed E-state index contributed by atoms with van der Waals surface area (Å²) in [5.74, 6) is 0.274. The van der Waals surface area contributed by atoms with Gasteiger partial charge in [0.2, 0.25) is 5.91 Å². The van der Waals surface area contributed by atoms with E-state index in [0.29, 0.717) is 6.54 Å². The average Bonchev–Trinajstić information content (AvgIpc) is 2.03. The molecule has 0 bridgehead atoms. The number of carbonyl (C=O) groups is 1. The molecule has 2 atom stereocenters. The molecule has 2 N–H and O–H groups in total. The number of hydrogen-bond donors (Lipinski definition) is 2. The van der Waals surface area contributed by atoms with Crippen LogP contribution in [-0.2, 0) is 4.79 Å². The molecule has 0 spiro atoms. The molecule has 1 amide bonds. The second-order valence-electron chi connectivity index (χ2n) is 3.55. The molecular weight excluding hydrogens is 154 g/mol. The van der Waals surface area contributed by atoms with Gasteiger partial charge in [0.05, 0.1) is 6.10 Å². The van der Waals surface area contributed by atoms with E-state index in [1.54, 1.807) is 0 Å². The number of carbonyl (C=O) groups excluding carboxylic acids is 1. The maximum absolute atomic E-state index is 10.6. The molecule has 0 radical (unpaired) electrons. The molecule has 0 aromatic heterocycles. The summed E-state index contributed by atoms with van der Waals surface area (Å²) in [5, 5.41) is 12.3. The van der Waals surface area contributed by atoms with Crippen molar-refractivity contribution in [1.29, 1.82) is 0 Å². The Morgan fingerprint density at radius 3 is 2.75 bits per heavy atom. The molecular formula is C9H17NO2. The zero-order chi connectivity index (χ0) is 8.97. The lowest BCUT2D eigenvalue weighted by atomic mass is 9.86. The van der Waals surface area contributed by atoms with Gasteiger partial charge in [-0.2, -0.15) is 0 Å². The third-order valence-corrected chi connectivity index (χ3v) is 2.48. The average molecular weight is 171 g/mol. The molecule has 1 saturated carbocycles. The molecule has 70 valence electrons. The summed E-state index contributed by atoms with van der Waals surface area (Å²) in [7, 11) is 0. The van der Waals surface area contributed by atoms with Gasteiger partial charge in [-0.1, -0.05) is 12.8 Å². The number of aliphatic hydroxyl groups is 1. The Morgan fingerprint density at radius 2 is 2.17 bits per heavy atom. The van der Waals surface area contributed by atoms with Crippen molar-refractivity contribution in [3.63, 3.8) is 0 Å². The van der Waals surface area contributed by atoms with Gasteiger partial charge in [-0.3, -0.25) is 4.79 Å². The highest BCUT2D eigenvalue weighted by atomic mass is 16.3. The first-order chi connectivity index (χ1) is 5.70. The van der Waals surface area contributed by atoms with Crippen molar-refractivity contribution < 1.29 is 9.90 Å². The van der Waals surface area contributed by atoms with Gasteiger partial charge in [0.25, 0.3) is 0 Å². The first-order valence-electron chi connectivity index (χ1n) is 4.62. The van der Waals surface area contributed by atoms with E-state index in [1.807, 2.05) is 0 Å². The molecule has 1 aliphatic carbocycles. The first-order valence-corrected chi connectivity index (χ1v) is 4.62. The van der Waals surface area contributed by atoms with E-state index in [9.17, 15) is 9.90 Å². The van der Waals surface area contributed by atoms with Crippen LogP contribution in [0, 0.1) is 5.92 Å². The standard InChI is InChI=1S/C9H17NO2/c1-7(11)10-6-8-4-2-3-5-9(8)12/h8-9,12H,2-6H2,1H3,(H,10,11)/t8?,9-/m1/s1. The van der Waals surface area contributed by atoms with E-state index in [-0.39, 0.29) is 17.9 Å². The zero-order valence-corrected chi connectivity index (χ0v) is 7.55. The van der Waals surface area contributed by atoms with Crippen LogP contribution >= 0.6 is 0 Å². The molecule has 1 fully saturated rings. The van der Waals surface area contributed by atoms with Gasteiger partial charge in [-0.05, 0) is 12.8 Å². The fourth-order valence-electron chi connectivity index (χ4n) is 1.70. The maximum atomic E-state index is 10.6. The molecule has 3 heteroatoms. The molecule has 1 unspecified atom stereocenters. The van der Waals surface area contributed by atoms with Crippen LogP contribution in [0.1, 0.15) is 32.6 Å². The van der Waals surface area contributed by atoms with Crippen molar-refractivity contribution >= 4 is 5.91 Å². The number of hydrogen-bond acceptors (Lipinski definition) is 2. The molecule has 3 nitrogen and oxygen atoms in total. The first kappa shape index (κ1) is 9.52. The summed E-state index contributed by atoms with van der Waals surface area (Å²) in [6, 6.07) is 0. The Balaban J connectivity index is 2.24. The van der Waals surface area contributed by atoms with E-state index >= 15 is 0 Å². The lowest BCUT2D eigenvalue weighted by Gasteiger charge is -2.27. The van der Waals surface area contributed by atoms with Crippen LogP contribution in [0.5, 0.6) is 0 Å². The lowest BCUT2D eigenvalue weighted by Crippen LogP contribution is -2.35. The number of nitrogens with one attached hydrogen (secondary N) is 1. The highest BCUT2D eigenvalue weighted by Gasteiger charge is 2.22. The summed E-state index contributed by atoms with van der Waals surface area (Å²) in [6.45, 7) is 2.14. The van der Waals surface area contributed by atoms with Crippen LogP contribution in [0.2, 0.25) is 0 Å². The van der Waals surface area contributed by atoms with E-state index in [0.717, 1.165) is 19.3 Å². The molecule has 1 rings (SSSR count). The molecule has 0 heterocycles. The van der Waals surface area contributed by atoms with Crippen LogP contribution in [-0.4, -0.2) is 23.7 Å². The van der Waals surface area contributed by atoms with E-state index in [4.69, 9.17) is 0 Å². The van der Waals surface area contributed by atoms with Gasteiger partial charge < -0.3 is 10.4 Å². The smallest absolute Gasteiger partial charge is 0.216 e. The van der Waals surface area contributed by atoms with Gasteiger partial charge in [-0.15, -0.1) is 0 Å². The van der Waals surface area contributed by atoms with Gasteiger partial charge in [-0.25, -0.2) is 0 Å². The number of aliphatic hydroxyl groups excluding tert-OH is 1. The van der Waals surface area contributed by atoms with Crippen LogP contribution < -0.4 is 5.32 Å². The van der Waals surface area contributed by atoms with E-state index in [1.165, 1.54) is 13.3 Å². The SMILES string of the molecule is CC(=O)NCC1CCCC[C@H]1O. The topological polar surface area (TPSA) is 49.3 Å².